The van der Waals surface area contributed by atoms with Crippen molar-refractivity contribution in [3.8, 4) is 6.19 Å². The van der Waals surface area contributed by atoms with Gasteiger partial charge >= 0.3 is 6.18 Å². The Hall–Kier alpha value is -3.78. The van der Waals surface area contributed by atoms with Crippen LogP contribution in [0.4, 0.5) is 23.2 Å². The van der Waals surface area contributed by atoms with E-state index < -0.39 is 32.3 Å². The summed E-state index contributed by atoms with van der Waals surface area (Å²) in [5.74, 6) is -0.911. The summed E-state index contributed by atoms with van der Waals surface area (Å²) in [6, 6.07) is 9.98. The molecular formula is C22H16F4N4O2S. The topological polar surface area (TPSA) is 95.2 Å². The van der Waals surface area contributed by atoms with Gasteiger partial charge in [0.15, 0.2) is 6.19 Å². The van der Waals surface area contributed by atoms with Crippen LogP contribution in [0.15, 0.2) is 81.8 Å². The van der Waals surface area contributed by atoms with E-state index in [1.165, 1.54) is 24.3 Å². The zero-order chi connectivity index (χ0) is 24.1. The molecule has 1 heterocycles. The molecular weight excluding hydrogens is 460 g/mol. The number of hydrogen-bond donors (Lipinski definition) is 1. The summed E-state index contributed by atoms with van der Waals surface area (Å²) in [4.78, 5) is 7.14. The quantitative estimate of drug-likeness (QED) is 0.181. The third kappa shape index (κ3) is 6.14. The third-order valence-electron chi connectivity index (χ3n) is 4.52. The number of aliphatic imine (C=N–C) groups is 1. The Morgan fingerprint density at radius 1 is 1.03 bits per heavy atom. The van der Waals surface area contributed by atoms with E-state index in [1.54, 1.807) is 30.7 Å². The fourth-order valence-corrected chi connectivity index (χ4v) is 4.22. The highest BCUT2D eigenvalue weighted by Gasteiger charge is 2.33. The Bertz CT molecular complexity index is 1300. The summed E-state index contributed by atoms with van der Waals surface area (Å²) in [6.07, 6.45) is 0.761. The molecule has 0 aliphatic heterocycles. The normalized spacial score (nSPS) is 12.3. The third-order valence-corrected chi connectivity index (χ3v) is 6.27. The van der Waals surface area contributed by atoms with E-state index in [2.05, 4.69) is 15.3 Å². The Labute approximate surface area is 187 Å². The highest BCUT2D eigenvalue weighted by atomic mass is 32.2. The number of nitrogens with zero attached hydrogens (tertiary/aromatic N) is 3. The number of alkyl halides is 3. The minimum atomic E-state index is -4.89. The fourth-order valence-electron chi connectivity index (χ4n) is 2.90. The Balaban J connectivity index is 1.79. The van der Waals surface area contributed by atoms with Gasteiger partial charge in [-0.25, -0.2) is 17.8 Å². The molecule has 0 unspecified atom stereocenters. The van der Waals surface area contributed by atoms with Crippen molar-refractivity contribution in [2.75, 3.05) is 0 Å². The van der Waals surface area contributed by atoms with Crippen molar-refractivity contribution < 1.29 is 26.0 Å². The van der Waals surface area contributed by atoms with E-state index in [0.29, 0.717) is 42.1 Å². The fraction of sp³-hybridized carbons (Fsp3) is 0.136. The molecule has 3 rings (SSSR count). The first-order valence-corrected chi connectivity index (χ1v) is 10.9. The minimum Gasteiger partial charge on any atom is -0.280 e. The number of amidine groups is 1. The average Bonchev–Trinajstić information content (AvgIpc) is 2.77. The van der Waals surface area contributed by atoms with Crippen molar-refractivity contribution in [2.24, 2.45) is 4.99 Å². The standard InChI is InChI=1S/C22H16F4N4O2S/c23-17-11-16(22(24,25)26)12-20(13-17)33(31,32)19-4-1-15(2-5-19)3-6-21(29-14-27)30-18-7-9-28-10-8-18/h1-2,4-5,7-13H,3,6H2,(H,28,29,30). The summed E-state index contributed by atoms with van der Waals surface area (Å²) in [6.45, 7) is 0. The number of aryl methyl sites for hydroxylation is 1. The predicted octanol–water partition coefficient (Wildman–Crippen LogP) is 4.81. The summed E-state index contributed by atoms with van der Waals surface area (Å²) < 4.78 is 77.9. The van der Waals surface area contributed by atoms with Gasteiger partial charge in [-0.15, -0.1) is 0 Å². The molecule has 0 aliphatic carbocycles. The first-order valence-electron chi connectivity index (χ1n) is 9.44. The van der Waals surface area contributed by atoms with Gasteiger partial charge in [0.1, 0.15) is 11.7 Å². The number of sulfone groups is 1. The highest BCUT2D eigenvalue weighted by molar-refractivity contribution is 7.91. The summed E-state index contributed by atoms with van der Waals surface area (Å²) in [5.41, 5.74) is -0.0902. The van der Waals surface area contributed by atoms with Gasteiger partial charge in [-0.05, 0) is 54.4 Å². The van der Waals surface area contributed by atoms with Crippen LogP contribution >= 0.6 is 0 Å². The van der Waals surface area contributed by atoms with Gasteiger partial charge in [0.05, 0.1) is 21.0 Å². The maximum Gasteiger partial charge on any atom is 0.416 e. The monoisotopic (exact) mass is 476 g/mol. The minimum absolute atomic E-state index is 0.239. The van der Waals surface area contributed by atoms with E-state index in [-0.39, 0.29) is 11.0 Å². The number of pyridine rings is 1. The van der Waals surface area contributed by atoms with E-state index in [9.17, 15) is 26.0 Å². The van der Waals surface area contributed by atoms with Crippen LogP contribution in [0.2, 0.25) is 0 Å². The Morgan fingerprint density at radius 3 is 2.30 bits per heavy atom. The molecule has 33 heavy (non-hydrogen) atoms. The van der Waals surface area contributed by atoms with Crippen LogP contribution in [0.1, 0.15) is 17.5 Å². The van der Waals surface area contributed by atoms with Crippen LogP contribution in [0.3, 0.4) is 0 Å². The van der Waals surface area contributed by atoms with Crippen LogP contribution in [-0.2, 0) is 22.4 Å². The van der Waals surface area contributed by atoms with Crippen molar-refractivity contribution in [1.82, 2.24) is 10.3 Å². The van der Waals surface area contributed by atoms with Gasteiger partial charge in [-0.1, -0.05) is 12.1 Å². The molecule has 0 fully saturated rings. The molecule has 0 saturated heterocycles. The van der Waals surface area contributed by atoms with Crippen molar-refractivity contribution >= 4 is 21.4 Å². The average molecular weight is 476 g/mol. The zero-order valence-corrected chi connectivity index (χ0v) is 17.7. The van der Waals surface area contributed by atoms with Gasteiger partial charge in [0, 0.05) is 18.8 Å². The largest absolute Gasteiger partial charge is 0.416 e. The molecule has 170 valence electrons. The van der Waals surface area contributed by atoms with Crippen LogP contribution in [0.25, 0.3) is 0 Å². The SMILES string of the molecule is N#CNC(CCc1ccc(S(=O)(=O)c2cc(F)cc(C(F)(F)F)c2)cc1)=Nc1ccncc1. The predicted molar refractivity (Wildman–Crippen MR) is 112 cm³/mol. The first-order chi connectivity index (χ1) is 15.6. The molecule has 0 aliphatic rings. The highest BCUT2D eigenvalue weighted by Crippen LogP contribution is 2.33. The lowest BCUT2D eigenvalue weighted by Gasteiger charge is -2.11. The van der Waals surface area contributed by atoms with E-state index in [4.69, 9.17) is 5.26 Å². The van der Waals surface area contributed by atoms with Gasteiger partial charge in [0.25, 0.3) is 0 Å². The molecule has 3 aromatic rings. The van der Waals surface area contributed by atoms with E-state index in [1.807, 2.05) is 0 Å². The molecule has 1 N–H and O–H groups in total. The van der Waals surface area contributed by atoms with E-state index in [0.717, 1.165) is 0 Å². The number of aromatic nitrogens is 1. The van der Waals surface area contributed by atoms with Crippen LogP contribution in [-0.4, -0.2) is 19.2 Å². The van der Waals surface area contributed by atoms with Gasteiger partial charge in [-0.2, -0.15) is 18.4 Å². The molecule has 6 nitrogen and oxygen atoms in total. The summed E-state index contributed by atoms with van der Waals surface area (Å²) >= 11 is 0. The first kappa shape index (κ1) is 23.9. The second-order valence-corrected chi connectivity index (χ2v) is 8.77. The lowest BCUT2D eigenvalue weighted by molar-refractivity contribution is -0.137. The number of halogens is 4. The number of benzene rings is 2. The molecule has 0 bridgehead atoms. The van der Waals surface area contributed by atoms with Crippen LogP contribution in [0.5, 0.6) is 0 Å². The molecule has 1 aromatic heterocycles. The van der Waals surface area contributed by atoms with Crippen molar-refractivity contribution in [3.05, 3.63) is 83.9 Å². The Morgan fingerprint density at radius 2 is 1.70 bits per heavy atom. The molecule has 0 saturated carbocycles. The number of nitriles is 1. The molecule has 0 spiro atoms. The summed E-state index contributed by atoms with van der Waals surface area (Å²) in [5, 5.41) is 11.4. The smallest absolute Gasteiger partial charge is 0.280 e. The Kier molecular flexibility index (Phi) is 7.08. The van der Waals surface area contributed by atoms with Crippen LogP contribution in [0, 0.1) is 17.3 Å². The van der Waals surface area contributed by atoms with Gasteiger partial charge in [0.2, 0.25) is 9.84 Å². The second-order valence-electron chi connectivity index (χ2n) is 6.82. The maximum atomic E-state index is 13.7. The number of nitrogens with one attached hydrogen (secondary N) is 1. The van der Waals surface area contributed by atoms with Crippen molar-refractivity contribution in [1.29, 1.82) is 5.26 Å². The number of hydrogen-bond acceptors (Lipinski definition) is 5. The number of rotatable bonds is 6. The van der Waals surface area contributed by atoms with Crippen LogP contribution < -0.4 is 5.32 Å². The molecule has 2 aromatic carbocycles. The molecule has 11 heteroatoms. The molecule has 0 radical (unpaired) electrons. The van der Waals surface area contributed by atoms with Gasteiger partial charge < -0.3 is 0 Å². The maximum absolute atomic E-state index is 13.7. The van der Waals surface area contributed by atoms with E-state index >= 15 is 0 Å². The van der Waals surface area contributed by atoms with Gasteiger partial charge in [-0.3, -0.25) is 10.3 Å². The molecule has 0 atom stereocenters. The summed E-state index contributed by atoms with van der Waals surface area (Å²) in [7, 11) is -4.37. The zero-order valence-electron chi connectivity index (χ0n) is 16.8. The lowest BCUT2D eigenvalue weighted by atomic mass is 10.1. The van der Waals surface area contributed by atoms with Crippen molar-refractivity contribution in [3.63, 3.8) is 0 Å². The lowest BCUT2D eigenvalue weighted by Crippen LogP contribution is -2.18. The molecule has 0 amide bonds. The van der Waals surface area contributed by atoms with Crippen molar-refractivity contribution in [2.45, 2.75) is 28.8 Å². The second kappa shape index (κ2) is 9.79.